The molecular formula is C9H11ClN2O4. The van der Waals surface area contributed by atoms with Crippen LogP contribution in [0.2, 0.25) is 0 Å². The number of imide groups is 1. The maximum atomic E-state index is 11.0. The van der Waals surface area contributed by atoms with Crippen LogP contribution in [0.25, 0.3) is 0 Å². The summed E-state index contributed by atoms with van der Waals surface area (Å²) in [6, 6.07) is -0.877. The molecule has 0 atom stereocenters. The molecule has 3 amide bonds. The normalized spacial score (nSPS) is 12.2. The Morgan fingerprint density at radius 2 is 1.94 bits per heavy atom. The van der Waals surface area contributed by atoms with Crippen LogP contribution in [0.4, 0.5) is 4.79 Å². The lowest BCUT2D eigenvalue weighted by atomic mass is 10.2. The topological polar surface area (TPSA) is 95.8 Å². The molecular weight excluding hydrogens is 236 g/mol. The Labute approximate surface area is 97.0 Å². The number of allylic oxidation sites excluding steroid dienone is 1. The van der Waals surface area contributed by atoms with Crippen molar-refractivity contribution in [1.82, 2.24) is 5.32 Å². The fourth-order valence-electron chi connectivity index (χ4n) is 0.748. The molecule has 0 bridgehead atoms. The third-order valence-electron chi connectivity index (χ3n) is 1.41. The van der Waals surface area contributed by atoms with Gasteiger partial charge in [0.1, 0.15) is 5.88 Å². The molecule has 0 heterocycles. The summed E-state index contributed by atoms with van der Waals surface area (Å²) >= 11 is 5.16. The van der Waals surface area contributed by atoms with Gasteiger partial charge in [0.05, 0.1) is 0 Å². The summed E-state index contributed by atoms with van der Waals surface area (Å²) in [6.07, 6.45) is 1.22. The predicted octanol–water partition coefficient (Wildman–Crippen LogP) is 0.953. The highest BCUT2D eigenvalue weighted by Crippen LogP contribution is 1.94. The second kappa shape index (κ2) is 6.73. The van der Waals surface area contributed by atoms with Crippen molar-refractivity contribution in [3.63, 3.8) is 0 Å². The van der Waals surface area contributed by atoms with E-state index in [1.54, 1.807) is 0 Å². The molecule has 0 aliphatic carbocycles. The third kappa shape index (κ3) is 5.92. The lowest BCUT2D eigenvalue weighted by molar-refractivity contribution is -0.132. The number of nitrogens with zero attached hydrogens (tertiary/aromatic N) is 1. The van der Waals surface area contributed by atoms with E-state index in [1.807, 2.05) is 5.32 Å². The molecule has 0 aliphatic rings. The van der Waals surface area contributed by atoms with Crippen molar-refractivity contribution in [3.05, 3.63) is 11.6 Å². The SMILES string of the molecule is CC(/C=C(\C)C(=O)O)=N/C(=O)NC(=O)CCl. The molecule has 7 heteroatoms. The van der Waals surface area contributed by atoms with Crippen molar-refractivity contribution >= 4 is 35.2 Å². The Balaban J connectivity index is 4.55. The van der Waals surface area contributed by atoms with E-state index in [2.05, 4.69) is 4.99 Å². The first-order valence-corrected chi connectivity index (χ1v) is 4.77. The van der Waals surface area contributed by atoms with Gasteiger partial charge in [-0.05, 0) is 19.9 Å². The number of aliphatic carboxylic acids is 1. The number of carboxylic acids is 1. The number of rotatable bonds is 3. The fourth-order valence-corrected chi connectivity index (χ4v) is 0.815. The van der Waals surface area contributed by atoms with Gasteiger partial charge in [-0.2, -0.15) is 4.99 Å². The Morgan fingerprint density at radius 3 is 2.38 bits per heavy atom. The summed E-state index contributed by atoms with van der Waals surface area (Å²) in [5.41, 5.74) is 0.220. The maximum absolute atomic E-state index is 11.0. The molecule has 0 fully saturated rings. The second-order valence-corrected chi connectivity index (χ2v) is 3.14. The van der Waals surface area contributed by atoms with Crippen molar-refractivity contribution in [1.29, 1.82) is 0 Å². The Bertz CT molecular complexity index is 374. The van der Waals surface area contributed by atoms with Crippen LogP contribution in [-0.4, -0.2) is 34.6 Å². The number of alkyl halides is 1. The van der Waals surface area contributed by atoms with Crippen LogP contribution in [-0.2, 0) is 9.59 Å². The first-order valence-electron chi connectivity index (χ1n) is 4.23. The number of carbonyl (C=O) groups excluding carboxylic acids is 2. The van der Waals surface area contributed by atoms with Gasteiger partial charge in [-0.15, -0.1) is 11.6 Å². The third-order valence-corrected chi connectivity index (χ3v) is 1.65. The molecule has 2 N–H and O–H groups in total. The summed E-state index contributed by atoms with van der Waals surface area (Å²) in [4.78, 5) is 35.6. The average molecular weight is 247 g/mol. The van der Waals surface area contributed by atoms with Crippen molar-refractivity contribution in [2.75, 3.05) is 5.88 Å². The van der Waals surface area contributed by atoms with Gasteiger partial charge in [-0.25, -0.2) is 9.59 Å². The molecule has 0 saturated heterocycles. The number of carboxylic acid groups (broad SMARTS) is 1. The van der Waals surface area contributed by atoms with E-state index in [0.29, 0.717) is 0 Å². The van der Waals surface area contributed by atoms with Crippen molar-refractivity contribution in [3.8, 4) is 0 Å². The number of hydrogen-bond donors (Lipinski definition) is 2. The largest absolute Gasteiger partial charge is 0.478 e. The monoisotopic (exact) mass is 246 g/mol. The van der Waals surface area contributed by atoms with Gasteiger partial charge in [0.15, 0.2) is 0 Å². The lowest BCUT2D eigenvalue weighted by Crippen LogP contribution is -2.29. The summed E-state index contributed by atoms with van der Waals surface area (Å²) in [7, 11) is 0. The van der Waals surface area contributed by atoms with Crippen molar-refractivity contribution in [2.24, 2.45) is 4.99 Å². The number of hydrogen-bond acceptors (Lipinski definition) is 3. The maximum Gasteiger partial charge on any atom is 0.347 e. The van der Waals surface area contributed by atoms with E-state index in [4.69, 9.17) is 16.7 Å². The standard InChI is InChI=1S/C9H11ClN2O4/c1-5(8(14)15)3-6(2)11-9(16)12-7(13)4-10/h3H,4H2,1-2H3,(H,14,15)(H,12,13,16)/b5-3+,11-6-. The minimum absolute atomic E-state index is 0.0396. The van der Waals surface area contributed by atoms with Crippen LogP contribution < -0.4 is 5.32 Å². The average Bonchev–Trinajstić information content (AvgIpc) is 2.16. The molecule has 0 radical (unpaired) electrons. The summed E-state index contributed by atoms with van der Waals surface area (Å²) < 4.78 is 0. The van der Waals surface area contributed by atoms with Gasteiger partial charge < -0.3 is 5.11 Å². The van der Waals surface area contributed by atoms with Crippen LogP contribution in [0.1, 0.15) is 13.8 Å². The van der Waals surface area contributed by atoms with Crippen LogP contribution in [0, 0.1) is 0 Å². The minimum Gasteiger partial charge on any atom is -0.478 e. The molecule has 0 aromatic rings. The van der Waals surface area contributed by atoms with Crippen LogP contribution in [0.3, 0.4) is 0 Å². The molecule has 0 spiro atoms. The van der Waals surface area contributed by atoms with Gasteiger partial charge in [0.2, 0.25) is 5.91 Å². The number of urea groups is 1. The molecule has 0 unspecified atom stereocenters. The molecule has 16 heavy (non-hydrogen) atoms. The number of halogens is 1. The van der Waals surface area contributed by atoms with E-state index in [9.17, 15) is 14.4 Å². The molecule has 6 nitrogen and oxygen atoms in total. The summed E-state index contributed by atoms with van der Waals surface area (Å²) in [5, 5.41) is 10.4. The van der Waals surface area contributed by atoms with Gasteiger partial charge in [0.25, 0.3) is 0 Å². The first-order chi connectivity index (χ1) is 7.36. The smallest absolute Gasteiger partial charge is 0.347 e. The van der Waals surface area contributed by atoms with Gasteiger partial charge in [0, 0.05) is 11.3 Å². The number of carbonyl (C=O) groups is 3. The Kier molecular flexibility index (Phi) is 6.02. The Hall–Kier alpha value is -1.69. The first kappa shape index (κ1) is 14.3. The van der Waals surface area contributed by atoms with Gasteiger partial charge in [-0.3, -0.25) is 10.1 Å². The van der Waals surface area contributed by atoms with E-state index in [-0.39, 0.29) is 17.2 Å². The van der Waals surface area contributed by atoms with E-state index < -0.39 is 17.9 Å². The Morgan fingerprint density at radius 1 is 1.38 bits per heavy atom. The number of aliphatic imine (C=N–C) groups is 1. The van der Waals surface area contributed by atoms with E-state index >= 15 is 0 Å². The highest BCUT2D eigenvalue weighted by molar-refractivity contribution is 6.28. The van der Waals surface area contributed by atoms with Gasteiger partial charge in [-0.1, -0.05) is 0 Å². The van der Waals surface area contributed by atoms with Crippen LogP contribution in [0.5, 0.6) is 0 Å². The molecule has 0 aromatic heterocycles. The minimum atomic E-state index is -1.10. The van der Waals surface area contributed by atoms with E-state index in [0.717, 1.165) is 0 Å². The molecule has 0 rings (SSSR count). The fraction of sp³-hybridized carbons (Fsp3) is 0.333. The summed E-state index contributed by atoms with van der Waals surface area (Å²) in [6.45, 7) is 2.81. The van der Waals surface area contributed by atoms with Crippen molar-refractivity contribution < 1.29 is 19.5 Å². The highest BCUT2D eigenvalue weighted by Gasteiger charge is 2.05. The predicted molar refractivity (Wildman–Crippen MR) is 58.8 cm³/mol. The molecule has 0 saturated carbocycles. The van der Waals surface area contributed by atoms with E-state index in [1.165, 1.54) is 19.9 Å². The summed E-state index contributed by atoms with van der Waals surface area (Å²) in [5.74, 6) is -2.11. The lowest BCUT2D eigenvalue weighted by Gasteiger charge is -1.97. The zero-order valence-electron chi connectivity index (χ0n) is 8.78. The molecule has 88 valence electrons. The number of nitrogens with one attached hydrogen (secondary N) is 1. The molecule has 0 aliphatic heterocycles. The van der Waals surface area contributed by atoms with Crippen LogP contribution >= 0.6 is 11.6 Å². The van der Waals surface area contributed by atoms with Crippen LogP contribution in [0.15, 0.2) is 16.6 Å². The number of amides is 3. The zero-order chi connectivity index (χ0) is 12.7. The quantitative estimate of drug-likeness (QED) is 0.440. The zero-order valence-corrected chi connectivity index (χ0v) is 9.54. The van der Waals surface area contributed by atoms with Gasteiger partial charge >= 0.3 is 12.0 Å². The highest BCUT2D eigenvalue weighted by atomic mass is 35.5. The van der Waals surface area contributed by atoms with Crippen molar-refractivity contribution in [2.45, 2.75) is 13.8 Å². The molecule has 0 aromatic carbocycles. The second-order valence-electron chi connectivity index (χ2n) is 2.87.